The summed E-state index contributed by atoms with van der Waals surface area (Å²) in [6.45, 7) is 11.4. The molecule has 0 bridgehead atoms. The van der Waals surface area contributed by atoms with E-state index in [0.29, 0.717) is 62.2 Å². The smallest absolute Gasteiger partial charge is 0.296 e. The van der Waals surface area contributed by atoms with Crippen molar-refractivity contribution in [2.24, 2.45) is 40.9 Å². The molecule has 0 aliphatic heterocycles. The van der Waals surface area contributed by atoms with Crippen molar-refractivity contribution in [3.05, 3.63) is 147 Å². The highest BCUT2D eigenvalue weighted by Crippen LogP contribution is 2.43. The van der Waals surface area contributed by atoms with Crippen molar-refractivity contribution in [2.45, 2.75) is 39.5 Å². The Bertz CT molecular complexity index is 3630. The second-order valence-corrected chi connectivity index (χ2v) is 19.5. The number of rotatable bonds is 16. The average Bonchev–Trinajstić information content (AvgIpc) is 3.28. The van der Waals surface area contributed by atoms with Crippen LogP contribution in [0.25, 0.3) is 10.8 Å². The minimum absolute atomic E-state index is 0.100. The number of anilines is 2. The molecule has 70 heavy (non-hydrogen) atoms. The molecule has 0 spiro atoms. The van der Waals surface area contributed by atoms with Gasteiger partial charge < -0.3 is 20.3 Å². The third kappa shape index (κ3) is 12.4. The maximum Gasteiger partial charge on any atom is 0.296 e. The highest BCUT2D eigenvalue weighted by atomic mass is 32.2. The van der Waals surface area contributed by atoms with Crippen LogP contribution in [0.4, 0.5) is 51.2 Å². The van der Waals surface area contributed by atoms with Gasteiger partial charge in [0.1, 0.15) is 32.7 Å². The Hall–Kier alpha value is -7.87. The number of hydrogen-bond donors (Lipinski definition) is 6. The molecule has 0 radical (unpaired) electrons. The first-order valence-electron chi connectivity index (χ1n) is 20.3. The average molecular weight is 1010 g/mol. The fraction of sp³-hybridized carbons (Fsp3) is 0.130. The minimum Gasteiger partial charge on any atom is -0.506 e. The molecule has 362 valence electrons. The molecule has 0 aromatic heterocycles. The zero-order valence-corrected chi connectivity index (χ0v) is 40.4. The van der Waals surface area contributed by atoms with Crippen LogP contribution in [0.3, 0.4) is 0 Å². The van der Waals surface area contributed by atoms with E-state index >= 15 is 0 Å². The molecule has 6 aromatic carbocycles. The fourth-order valence-electron chi connectivity index (χ4n) is 6.45. The summed E-state index contributed by atoms with van der Waals surface area (Å²) in [6, 6.07) is 23.9. The monoisotopic (exact) mass is 1010 g/mol. The van der Waals surface area contributed by atoms with Crippen molar-refractivity contribution < 1.29 is 53.9 Å². The molecule has 0 unspecified atom stereocenters. The topological polar surface area (TPSA) is 324 Å². The largest absolute Gasteiger partial charge is 0.506 e. The van der Waals surface area contributed by atoms with Gasteiger partial charge in [-0.1, -0.05) is 12.7 Å². The van der Waals surface area contributed by atoms with E-state index in [1.807, 2.05) is 0 Å². The molecule has 0 amide bonds. The summed E-state index contributed by atoms with van der Waals surface area (Å²) >= 11 is 0. The lowest BCUT2D eigenvalue weighted by molar-refractivity contribution is 0.415. The van der Waals surface area contributed by atoms with E-state index in [1.54, 1.807) is 108 Å². The third-order valence-corrected chi connectivity index (χ3v) is 12.9. The molecule has 21 nitrogen and oxygen atoms in total. The maximum absolute atomic E-state index is 12.6. The van der Waals surface area contributed by atoms with Gasteiger partial charge in [-0.05, 0) is 153 Å². The molecule has 0 aliphatic carbocycles. The van der Waals surface area contributed by atoms with Gasteiger partial charge in [0.2, 0.25) is 0 Å². The summed E-state index contributed by atoms with van der Waals surface area (Å²) in [6.07, 6.45) is 1.40. The van der Waals surface area contributed by atoms with Gasteiger partial charge >= 0.3 is 0 Å². The van der Waals surface area contributed by atoms with E-state index < -0.39 is 62.2 Å². The number of nitrogens with zero attached hydrogens (tertiary/aromatic N) is 8. The van der Waals surface area contributed by atoms with Crippen LogP contribution in [-0.4, -0.2) is 56.2 Å². The van der Waals surface area contributed by atoms with Crippen molar-refractivity contribution in [1.29, 1.82) is 0 Å². The molecule has 24 heteroatoms. The van der Waals surface area contributed by atoms with Crippen molar-refractivity contribution >= 4 is 92.3 Å². The lowest BCUT2D eigenvalue weighted by Gasteiger charge is -2.12. The highest BCUT2D eigenvalue weighted by Gasteiger charge is 2.24. The van der Waals surface area contributed by atoms with E-state index in [9.17, 15) is 49.1 Å². The van der Waals surface area contributed by atoms with E-state index in [0.717, 1.165) is 11.8 Å². The van der Waals surface area contributed by atoms with E-state index in [4.69, 9.17) is 4.74 Å². The van der Waals surface area contributed by atoms with Gasteiger partial charge in [0, 0.05) is 22.8 Å². The van der Waals surface area contributed by atoms with E-state index in [-0.39, 0.29) is 28.2 Å². The van der Waals surface area contributed by atoms with Gasteiger partial charge in [0.15, 0.2) is 5.75 Å². The minimum atomic E-state index is -5.04. The predicted octanol–water partition coefficient (Wildman–Crippen LogP) is 12.9. The van der Waals surface area contributed by atoms with Gasteiger partial charge in [0.25, 0.3) is 30.4 Å². The summed E-state index contributed by atoms with van der Waals surface area (Å²) in [7, 11) is -13.2. The van der Waals surface area contributed by atoms with Gasteiger partial charge in [-0.15, -0.1) is 15.3 Å². The number of phenolic OH excluding ortho intramolecular Hbond substituents is 2. The Kier molecular flexibility index (Phi) is 15.3. The summed E-state index contributed by atoms with van der Waals surface area (Å²) < 4.78 is 107. The Morgan fingerprint density at radius 3 is 1.66 bits per heavy atom. The summed E-state index contributed by atoms with van der Waals surface area (Å²) in [5.74, 6) is -0.116. The standard InChI is InChI=1S/C46H43N9O12S3/c1-8-35(68(58,59)60)24-43(69(61,62)63)29(6)48-51-38-17-26(3)39(18-25(38)2)52-49-33-12-16-37(42(56)23-33)50-53-40-19-28(5)41(20-27(40)4)54-55-45-44(70(64,65)66)22-30-21-32(11-15-36(30)46(45)57)47-31-9-13-34(67-7)14-10-31/h8-24,47,56-57H,6H2,1-5,7H3,(H,58,59,60)(H,61,62,63)(H,64,65,66)/b35-8+,43-24+,51-48?,52-49?,53-50?,55-54+. The fourth-order valence-corrected chi connectivity index (χ4v) is 8.37. The molecule has 0 atom stereocenters. The number of methoxy groups -OCH3 is 1. The van der Waals surface area contributed by atoms with Crippen LogP contribution >= 0.6 is 0 Å². The normalized spacial score (nSPS) is 13.1. The molecular formula is C46H43N9O12S3. The Morgan fingerprint density at radius 1 is 0.614 bits per heavy atom. The number of benzene rings is 6. The van der Waals surface area contributed by atoms with E-state index in [1.165, 1.54) is 25.1 Å². The number of azo groups is 4. The molecular weight excluding hydrogens is 967 g/mol. The number of nitrogens with one attached hydrogen (secondary N) is 1. The van der Waals surface area contributed by atoms with Crippen molar-refractivity contribution in [2.75, 3.05) is 12.4 Å². The summed E-state index contributed by atoms with van der Waals surface area (Å²) in [5, 5.41) is 58.8. The zero-order chi connectivity index (χ0) is 51.3. The van der Waals surface area contributed by atoms with Crippen LogP contribution in [0.15, 0.2) is 171 Å². The van der Waals surface area contributed by atoms with Crippen molar-refractivity contribution in [3.63, 3.8) is 0 Å². The molecule has 6 aromatic rings. The molecule has 6 N–H and O–H groups in total. The summed E-state index contributed by atoms with van der Waals surface area (Å²) in [5.41, 5.74) is 4.10. The van der Waals surface area contributed by atoms with Crippen LogP contribution in [-0.2, 0) is 30.4 Å². The van der Waals surface area contributed by atoms with Crippen molar-refractivity contribution in [3.8, 4) is 17.2 Å². The number of aryl methyl sites for hydroxylation is 4. The van der Waals surface area contributed by atoms with Gasteiger partial charge in [-0.25, -0.2) is 0 Å². The number of hydrogen-bond acceptors (Lipinski definition) is 18. The van der Waals surface area contributed by atoms with Gasteiger partial charge in [0.05, 0.1) is 46.1 Å². The summed E-state index contributed by atoms with van der Waals surface area (Å²) in [4.78, 5) is -2.48. The Morgan fingerprint density at radius 2 is 1.14 bits per heavy atom. The zero-order valence-electron chi connectivity index (χ0n) is 37.9. The number of aromatic hydroxyl groups is 2. The van der Waals surface area contributed by atoms with Gasteiger partial charge in [-0.3, -0.25) is 13.7 Å². The van der Waals surface area contributed by atoms with Gasteiger partial charge in [-0.2, -0.15) is 50.8 Å². The first kappa shape index (κ1) is 51.5. The molecule has 0 fully saturated rings. The number of fused-ring (bicyclic) bond motifs is 1. The molecule has 0 saturated heterocycles. The van der Waals surface area contributed by atoms with Crippen LogP contribution in [0, 0.1) is 27.7 Å². The SMILES string of the molecule is C=C(N=Nc1cc(C)c(N=Nc2ccc(N=Nc3cc(C)c(/N=N/c4c(S(=O)(=O)O)cc5cc(Nc6ccc(OC)cc6)ccc5c4O)cc3C)c(O)c2)cc1C)/C(=C\C(=C/C)S(=O)(=O)O)S(=O)(=O)O. The molecule has 0 aliphatic rings. The number of allylic oxidation sites excluding steroid dienone is 2. The quantitative estimate of drug-likeness (QED) is 0.0299. The number of ether oxygens (including phenoxy) is 1. The molecule has 6 rings (SSSR count). The van der Waals surface area contributed by atoms with Crippen LogP contribution in [0.1, 0.15) is 29.2 Å². The lowest BCUT2D eigenvalue weighted by Crippen LogP contribution is -2.07. The second-order valence-electron chi connectivity index (χ2n) is 15.3. The van der Waals surface area contributed by atoms with Crippen molar-refractivity contribution in [1.82, 2.24) is 0 Å². The van der Waals surface area contributed by atoms with Crippen LogP contribution in [0.2, 0.25) is 0 Å². The lowest BCUT2D eigenvalue weighted by atomic mass is 10.1. The second kappa shape index (κ2) is 20.8. The Labute approximate surface area is 402 Å². The van der Waals surface area contributed by atoms with Crippen LogP contribution in [0.5, 0.6) is 17.2 Å². The number of phenols is 2. The predicted molar refractivity (Wildman–Crippen MR) is 263 cm³/mol. The highest BCUT2D eigenvalue weighted by molar-refractivity contribution is 7.91. The molecule has 0 heterocycles. The molecule has 0 saturated carbocycles. The Balaban J connectivity index is 1.17. The third-order valence-electron chi connectivity index (χ3n) is 10.2. The first-order valence-corrected chi connectivity index (χ1v) is 24.6. The first-order chi connectivity index (χ1) is 32.9. The van der Waals surface area contributed by atoms with Crippen LogP contribution < -0.4 is 10.1 Å². The van der Waals surface area contributed by atoms with E-state index in [2.05, 4.69) is 52.8 Å². The maximum atomic E-state index is 12.6.